The fourth-order valence-corrected chi connectivity index (χ4v) is 5.15. The van der Waals surface area contributed by atoms with Crippen LogP contribution in [0, 0.1) is 0 Å². The molecule has 0 saturated carbocycles. The van der Waals surface area contributed by atoms with Gasteiger partial charge in [-0.1, -0.05) is 30.9 Å². The monoisotopic (exact) mass is 471 g/mol. The molecule has 0 aliphatic carbocycles. The maximum absolute atomic E-state index is 11.6. The minimum Gasteiger partial charge on any atom is -0.348 e. The Labute approximate surface area is 201 Å². The summed E-state index contributed by atoms with van der Waals surface area (Å²) in [6.07, 6.45) is 7.35. The number of aromatic nitrogens is 1. The third-order valence-electron chi connectivity index (χ3n) is 5.69. The summed E-state index contributed by atoms with van der Waals surface area (Å²) < 4.78 is 3.40. The molecule has 0 radical (unpaired) electrons. The van der Waals surface area contributed by atoms with E-state index in [-0.39, 0.29) is 11.8 Å². The molecule has 4 heterocycles. The standard InChI is InChI=1S/C12H12N2O.C10H7NOS.C5H6O/c1-2-14-7-8-6-13-12(15)9-4-3-5-10(14)11(8)9;12-10-7-2-1-3-8-9(7)6(4-11-10)5-13-8;1-2-3-4-5-6/h3-5,7H,2,6H2,1H3,(H,13,15);1-3,5H,4H2,(H,11,12);2-5H,1H2/b;;4-3+. The first-order valence-electron chi connectivity index (χ1n) is 11.0. The summed E-state index contributed by atoms with van der Waals surface area (Å²) in [4.78, 5) is 32.5. The third-order valence-corrected chi connectivity index (χ3v) is 6.69. The van der Waals surface area contributed by atoms with Crippen molar-refractivity contribution in [1.82, 2.24) is 15.2 Å². The van der Waals surface area contributed by atoms with E-state index in [0.717, 1.165) is 28.4 Å². The maximum atomic E-state index is 11.6. The fraction of sp³-hybridized carbons (Fsp3) is 0.148. The highest BCUT2D eigenvalue weighted by atomic mass is 32.1. The first kappa shape index (κ1) is 23.2. The van der Waals surface area contributed by atoms with E-state index in [2.05, 4.69) is 52.4 Å². The number of carbonyl (C=O) groups excluding carboxylic acids is 3. The fourth-order valence-electron chi connectivity index (χ4n) is 4.16. The van der Waals surface area contributed by atoms with Crippen LogP contribution in [-0.4, -0.2) is 22.7 Å². The summed E-state index contributed by atoms with van der Waals surface area (Å²) in [5.41, 5.74) is 5.26. The van der Waals surface area contributed by atoms with Gasteiger partial charge >= 0.3 is 0 Å². The highest BCUT2D eigenvalue weighted by molar-refractivity contribution is 7.17. The molecule has 4 aromatic rings. The molecule has 0 spiro atoms. The zero-order valence-electron chi connectivity index (χ0n) is 18.8. The van der Waals surface area contributed by atoms with Crippen LogP contribution in [0.5, 0.6) is 0 Å². The Kier molecular flexibility index (Phi) is 7.04. The number of thiophene rings is 1. The molecule has 0 saturated heterocycles. The van der Waals surface area contributed by atoms with Gasteiger partial charge in [0.05, 0.1) is 0 Å². The largest absolute Gasteiger partial charge is 0.348 e. The minimum absolute atomic E-state index is 0.0435. The second-order valence-corrected chi connectivity index (χ2v) is 8.61. The van der Waals surface area contributed by atoms with Crippen LogP contribution in [0.25, 0.3) is 21.0 Å². The summed E-state index contributed by atoms with van der Waals surface area (Å²) in [6, 6.07) is 11.8. The summed E-state index contributed by atoms with van der Waals surface area (Å²) in [5.74, 6) is 0.0958. The van der Waals surface area contributed by atoms with Crippen molar-refractivity contribution in [3.05, 3.63) is 95.0 Å². The average molecular weight is 472 g/mol. The lowest BCUT2D eigenvalue weighted by Gasteiger charge is -2.12. The van der Waals surface area contributed by atoms with Crippen molar-refractivity contribution < 1.29 is 14.4 Å². The number of benzene rings is 2. The normalized spacial score (nSPS) is 13.4. The first-order chi connectivity index (χ1) is 16.6. The lowest BCUT2D eigenvalue weighted by atomic mass is 10.0. The molecular formula is C27H25N3O3S. The molecule has 34 heavy (non-hydrogen) atoms. The summed E-state index contributed by atoms with van der Waals surface area (Å²) >= 11 is 1.70. The van der Waals surface area contributed by atoms with Crippen molar-refractivity contribution >= 4 is 50.4 Å². The van der Waals surface area contributed by atoms with Crippen LogP contribution in [0.1, 0.15) is 38.8 Å². The molecule has 2 N–H and O–H groups in total. The van der Waals surface area contributed by atoms with Crippen LogP contribution in [-0.2, 0) is 24.4 Å². The molecule has 2 aliphatic heterocycles. The Balaban J connectivity index is 0.000000132. The Morgan fingerprint density at radius 2 is 1.65 bits per heavy atom. The molecule has 172 valence electrons. The van der Waals surface area contributed by atoms with Gasteiger partial charge in [0, 0.05) is 57.9 Å². The summed E-state index contributed by atoms with van der Waals surface area (Å²) in [5, 5.41) is 10.1. The molecule has 7 heteroatoms. The van der Waals surface area contributed by atoms with Gasteiger partial charge in [-0.3, -0.25) is 14.4 Å². The Morgan fingerprint density at radius 3 is 2.29 bits per heavy atom. The number of allylic oxidation sites excluding steroid dienone is 3. The molecule has 2 aliphatic rings. The molecule has 0 atom stereocenters. The highest BCUT2D eigenvalue weighted by Gasteiger charge is 2.21. The zero-order valence-corrected chi connectivity index (χ0v) is 19.7. The first-order valence-corrected chi connectivity index (χ1v) is 11.9. The van der Waals surface area contributed by atoms with Crippen LogP contribution in [0.3, 0.4) is 0 Å². The van der Waals surface area contributed by atoms with Gasteiger partial charge in [0.2, 0.25) is 0 Å². The molecule has 0 fully saturated rings. The summed E-state index contributed by atoms with van der Waals surface area (Å²) in [6.45, 7) is 7.73. The van der Waals surface area contributed by atoms with Gasteiger partial charge in [0.1, 0.15) is 6.29 Å². The number of hydrogen-bond donors (Lipinski definition) is 2. The number of nitrogens with zero attached hydrogens (tertiary/aromatic N) is 1. The third kappa shape index (κ3) is 4.43. The quantitative estimate of drug-likeness (QED) is 0.251. The number of nitrogens with one attached hydrogen (secondary N) is 2. The van der Waals surface area contributed by atoms with E-state index < -0.39 is 0 Å². The highest BCUT2D eigenvalue weighted by Crippen LogP contribution is 2.31. The summed E-state index contributed by atoms with van der Waals surface area (Å²) in [7, 11) is 0. The van der Waals surface area contributed by atoms with E-state index in [0.29, 0.717) is 19.4 Å². The van der Waals surface area contributed by atoms with Crippen molar-refractivity contribution in [2.24, 2.45) is 0 Å². The van der Waals surface area contributed by atoms with E-state index in [9.17, 15) is 14.4 Å². The lowest BCUT2D eigenvalue weighted by Crippen LogP contribution is -2.26. The second-order valence-electron chi connectivity index (χ2n) is 7.70. The SMILES string of the molecule is C=C/C=C/C=O.CCn1cc2c3c(cccc31)C(=O)NC2.O=C1NCc2csc3cccc1c23. The molecule has 6 nitrogen and oxygen atoms in total. The lowest BCUT2D eigenvalue weighted by molar-refractivity contribution is -0.104. The Bertz CT molecular complexity index is 1420. The van der Waals surface area contributed by atoms with Crippen molar-refractivity contribution in [3.63, 3.8) is 0 Å². The van der Waals surface area contributed by atoms with Gasteiger partial charge in [0.15, 0.2) is 0 Å². The predicted molar refractivity (Wildman–Crippen MR) is 137 cm³/mol. The average Bonchev–Trinajstić information content (AvgIpc) is 3.46. The number of amides is 2. The van der Waals surface area contributed by atoms with Crippen LogP contribution in [0.2, 0.25) is 0 Å². The van der Waals surface area contributed by atoms with Crippen LogP contribution in [0.15, 0.2) is 72.8 Å². The Morgan fingerprint density at radius 1 is 0.971 bits per heavy atom. The van der Waals surface area contributed by atoms with Crippen molar-refractivity contribution in [2.45, 2.75) is 26.6 Å². The van der Waals surface area contributed by atoms with E-state index in [1.54, 1.807) is 23.5 Å². The minimum atomic E-state index is 0.0435. The molecule has 0 bridgehead atoms. The topological polar surface area (TPSA) is 80.2 Å². The van der Waals surface area contributed by atoms with Gasteiger partial charge in [0.25, 0.3) is 11.8 Å². The van der Waals surface area contributed by atoms with Crippen LogP contribution in [0.4, 0.5) is 0 Å². The molecule has 6 rings (SSSR count). The zero-order chi connectivity index (χ0) is 24.1. The molecular weight excluding hydrogens is 446 g/mol. The van der Waals surface area contributed by atoms with E-state index in [1.807, 2.05) is 24.3 Å². The molecule has 2 aromatic carbocycles. The van der Waals surface area contributed by atoms with Gasteiger partial charge in [-0.25, -0.2) is 0 Å². The van der Waals surface area contributed by atoms with E-state index in [4.69, 9.17) is 0 Å². The van der Waals surface area contributed by atoms with E-state index in [1.165, 1.54) is 27.4 Å². The second kappa shape index (κ2) is 10.3. The molecule has 2 aromatic heterocycles. The number of hydrogen-bond acceptors (Lipinski definition) is 4. The number of carbonyl (C=O) groups is 3. The van der Waals surface area contributed by atoms with Gasteiger partial charge in [-0.05, 0) is 53.8 Å². The maximum Gasteiger partial charge on any atom is 0.252 e. The molecule has 2 amide bonds. The number of rotatable bonds is 3. The van der Waals surface area contributed by atoms with E-state index >= 15 is 0 Å². The number of aldehydes is 1. The van der Waals surface area contributed by atoms with Crippen molar-refractivity contribution in [2.75, 3.05) is 0 Å². The smallest absolute Gasteiger partial charge is 0.252 e. The van der Waals surface area contributed by atoms with Crippen LogP contribution >= 0.6 is 11.3 Å². The van der Waals surface area contributed by atoms with Gasteiger partial charge in [-0.2, -0.15) is 0 Å². The van der Waals surface area contributed by atoms with Crippen molar-refractivity contribution in [1.29, 1.82) is 0 Å². The van der Waals surface area contributed by atoms with Gasteiger partial charge < -0.3 is 15.2 Å². The molecule has 0 unspecified atom stereocenters. The van der Waals surface area contributed by atoms with Gasteiger partial charge in [-0.15, -0.1) is 11.3 Å². The van der Waals surface area contributed by atoms with Crippen LogP contribution < -0.4 is 10.6 Å². The predicted octanol–water partition coefficient (Wildman–Crippen LogP) is 4.98. The van der Waals surface area contributed by atoms with Crippen molar-refractivity contribution in [3.8, 4) is 0 Å². The Hall–Kier alpha value is -3.97. The number of aryl methyl sites for hydroxylation is 1.